The summed E-state index contributed by atoms with van der Waals surface area (Å²) in [6.45, 7) is 2.09. The van der Waals surface area contributed by atoms with Gasteiger partial charge in [-0.15, -0.1) is 0 Å². The van der Waals surface area contributed by atoms with Gasteiger partial charge in [-0.25, -0.2) is 0 Å². The van der Waals surface area contributed by atoms with Crippen molar-refractivity contribution >= 4 is 16.5 Å². The second-order valence-corrected chi connectivity index (χ2v) is 4.68. The molecule has 5 heteroatoms. The topological polar surface area (TPSA) is 82.0 Å². The lowest BCUT2D eigenvalue weighted by molar-refractivity contribution is -0.383. The maximum Gasteiger partial charge on any atom is 0.278 e. The van der Waals surface area contributed by atoms with E-state index in [0.29, 0.717) is 5.39 Å². The minimum atomic E-state index is -0.375. The van der Waals surface area contributed by atoms with E-state index in [0.717, 1.165) is 30.2 Å². The molecular formula is C14H17N3O2. The second kappa shape index (κ2) is 5.75. The predicted molar refractivity (Wildman–Crippen MR) is 75.0 cm³/mol. The Kier molecular flexibility index (Phi) is 4.06. The molecule has 0 aliphatic heterocycles. The fourth-order valence-electron chi connectivity index (χ4n) is 2.33. The predicted octanol–water partition coefficient (Wildman–Crippen LogP) is 2.81. The zero-order valence-corrected chi connectivity index (χ0v) is 10.9. The molecule has 0 saturated carbocycles. The molecule has 0 saturated heterocycles. The number of nitro groups is 1. The molecule has 0 amide bonds. The van der Waals surface area contributed by atoms with Crippen molar-refractivity contribution in [3.63, 3.8) is 0 Å². The van der Waals surface area contributed by atoms with Crippen molar-refractivity contribution in [2.75, 3.05) is 0 Å². The monoisotopic (exact) mass is 259 g/mol. The van der Waals surface area contributed by atoms with E-state index in [1.54, 1.807) is 18.5 Å². The van der Waals surface area contributed by atoms with Gasteiger partial charge in [-0.1, -0.05) is 19.4 Å². The standard InChI is InChI=1S/C14H17N3O2/c1-2-3-11(15)8-10-4-5-14(17(18)19)13-9-16-7-6-12(10)13/h4-7,9,11H,2-3,8,15H2,1H3. The number of aromatic nitrogens is 1. The maximum absolute atomic E-state index is 11.0. The molecule has 1 aromatic carbocycles. The van der Waals surface area contributed by atoms with Gasteiger partial charge >= 0.3 is 0 Å². The lowest BCUT2D eigenvalue weighted by Crippen LogP contribution is -2.22. The van der Waals surface area contributed by atoms with Gasteiger partial charge in [-0.05, 0) is 29.9 Å². The third-order valence-electron chi connectivity index (χ3n) is 3.22. The average molecular weight is 259 g/mol. The van der Waals surface area contributed by atoms with Crippen molar-refractivity contribution in [3.8, 4) is 0 Å². The Morgan fingerprint density at radius 1 is 1.37 bits per heavy atom. The van der Waals surface area contributed by atoms with Crippen molar-refractivity contribution in [3.05, 3.63) is 46.3 Å². The third kappa shape index (κ3) is 2.88. The number of hydrogen-bond acceptors (Lipinski definition) is 4. The summed E-state index contributed by atoms with van der Waals surface area (Å²) in [5.41, 5.74) is 7.19. The van der Waals surface area contributed by atoms with E-state index < -0.39 is 0 Å². The smallest absolute Gasteiger partial charge is 0.278 e. The van der Waals surface area contributed by atoms with Crippen LogP contribution in [0, 0.1) is 10.1 Å². The Balaban J connectivity index is 2.46. The highest BCUT2D eigenvalue weighted by molar-refractivity contribution is 5.92. The maximum atomic E-state index is 11.0. The van der Waals surface area contributed by atoms with Crippen LogP contribution in [0.5, 0.6) is 0 Å². The highest BCUT2D eigenvalue weighted by Crippen LogP contribution is 2.28. The van der Waals surface area contributed by atoms with Crippen molar-refractivity contribution in [1.82, 2.24) is 4.98 Å². The molecule has 0 fully saturated rings. The molecule has 0 spiro atoms. The molecule has 2 rings (SSSR count). The molecule has 0 aliphatic carbocycles. The number of pyridine rings is 1. The molecule has 0 aliphatic rings. The number of nitrogens with two attached hydrogens (primary N) is 1. The third-order valence-corrected chi connectivity index (χ3v) is 3.22. The molecule has 1 atom stereocenters. The van der Waals surface area contributed by atoms with Crippen LogP contribution in [0.1, 0.15) is 25.3 Å². The van der Waals surface area contributed by atoms with Gasteiger partial charge in [-0.2, -0.15) is 0 Å². The quantitative estimate of drug-likeness (QED) is 0.661. The fraction of sp³-hybridized carbons (Fsp3) is 0.357. The van der Waals surface area contributed by atoms with E-state index in [4.69, 9.17) is 5.73 Å². The summed E-state index contributed by atoms with van der Waals surface area (Å²) in [4.78, 5) is 14.6. The second-order valence-electron chi connectivity index (χ2n) is 4.68. The summed E-state index contributed by atoms with van der Waals surface area (Å²) >= 11 is 0. The Morgan fingerprint density at radius 3 is 2.84 bits per heavy atom. The number of nitro benzene ring substituents is 1. The Labute approximate surface area is 111 Å². The zero-order valence-electron chi connectivity index (χ0n) is 10.9. The number of benzene rings is 1. The van der Waals surface area contributed by atoms with Crippen molar-refractivity contribution in [2.24, 2.45) is 5.73 Å². The minimum absolute atomic E-state index is 0.0859. The zero-order chi connectivity index (χ0) is 13.8. The first kappa shape index (κ1) is 13.4. The van der Waals surface area contributed by atoms with Crippen LogP contribution in [-0.4, -0.2) is 15.9 Å². The van der Waals surface area contributed by atoms with Crippen LogP contribution in [0.25, 0.3) is 10.8 Å². The van der Waals surface area contributed by atoms with Crippen LogP contribution >= 0.6 is 0 Å². The average Bonchev–Trinajstić information content (AvgIpc) is 2.39. The van der Waals surface area contributed by atoms with Gasteiger partial charge in [0.05, 0.1) is 10.3 Å². The molecule has 2 N–H and O–H groups in total. The van der Waals surface area contributed by atoms with Crippen LogP contribution in [-0.2, 0) is 6.42 Å². The van der Waals surface area contributed by atoms with E-state index in [9.17, 15) is 10.1 Å². The van der Waals surface area contributed by atoms with Crippen molar-refractivity contribution in [1.29, 1.82) is 0 Å². The van der Waals surface area contributed by atoms with Gasteiger partial charge in [0.1, 0.15) is 0 Å². The molecular weight excluding hydrogens is 242 g/mol. The van der Waals surface area contributed by atoms with Crippen LogP contribution in [0.2, 0.25) is 0 Å². The summed E-state index contributed by atoms with van der Waals surface area (Å²) < 4.78 is 0. The van der Waals surface area contributed by atoms with E-state index in [-0.39, 0.29) is 16.7 Å². The minimum Gasteiger partial charge on any atom is -0.327 e. The number of rotatable bonds is 5. The van der Waals surface area contributed by atoms with Crippen molar-refractivity contribution < 1.29 is 4.92 Å². The number of non-ortho nitro benzene ring substituents is 1. The summed E-state index contributed by atoms with van der Waals surface area (Å²) in [7, 11) is 0. The first-order chi connectivity index (χ1) is 9.13. The van der Waals surface area contributed by atoms with Crippen molar-refractivity contribution in [2.45, 2.75) is 32.2 Å². The van der Waals surface area contributed by atoms with Crippen LogP contribution in [0.3, 0.4) is 0 Å². The summed E-state index contributed by atoms with van der Waals surface area (Å²) in [5, 5.41) is 12.5. The summed E-state index contributed by atoms with van der Waals surface area (Å²) in [6.07, 6.45) is 5.91. The lowest BCUT2D eigenvalue weighted by atomic mass is 9.97. The normalized spacial score (nSPS) is 12.5. The largest absolute Gasteiger partial charge is 0.327 e. The highest BCUT2D eigenvalue weighted by atomic mass is 16.6. The van der Waals surface area contributed by atoms with Crippen LogP contribution in [0.15, 0.2) is 30.6 Å². The first-order valence-corrected chi connectivity index (χ1v) is 6.39. The highest BCUT2D eigenvalue weighted by Gasteiger charge is 2.15. The van der Waals surface area contributed by atoms with E-state index in [1.165, 1.54) is 6.07 Å². The first-order valence-electron chi connectivity index (χ1n) is 6.39. The molecule has 0 radical (unpaired) electrons. The number of hydrogen-bond donors (Lipinski definition) is 1. The lowest BCUT2D eigenvalue weighted by Gasteiger charge is -2.12. The van der Waals surface area contributed by atoms with E-state index in [1.807, 2.05) is 6.07 Å². The van der Waals surface area contributed by atoms with Crippen LogP contribution < -0.4 is 5.73 Å². The molecule has 19 heavy (non-hydrogen) atoms. The van der Waals surface area contributed by atoms with Gasteiger partial charge in [-0.3, -0.25) is 15.1 Å². The van der Waals surface area contributed by atoms with Gasteiger partial charge in [0.15, 0.2) is 0 Å². The Bertz CT molecular complexity index is 598. The molecule has 5 nitrogen and oxygen atoms in total. The van der Waals surface area contributed by atoms with Gasteiger partial charge < -0.3 is 5.73 Å². The van der Waals surface area contributed by atoms with Gasteiger partial charge in [0, 0.05) is 24.5 Å². The fourth-order valence-corrected chi connectivity index (χ4v) is 2.33. The summed E-state index contributed by atoms with van der Waals surface area (Å²) in [5.74, 6) is 0. The van der Waals surface area contributed by atoms with Gasteiger partial charge in [0.25, 0.3) is 5.69 Å². The number of fused-ring (bicyclic) bond motifs is 1. The van der Waals surface area contributed by atoms with Gasteiger partial charge in [0.2, 0.25) is 0 Å². The molecule has 0 bridgehead atoms. The molecule has 2 aromatic rings. The summed E-state index contributed by atoms with van der Waals surface area (Å²) in [6, 6.07) is 5.24. The Hall–Kier alpha value is -2.01. The molecule has 1 aromatic heterocycles. The molecule has 1 unspecified atom stereocenters. The van der Waals surface area contributed by atoms with Crippen LogP contribution in [0.4, 0.5) is 5.69 Å². The van der Waals surface area contributed by atoms with E-state index in [2.05, 4.69) is 11.9 Å². The molecule has 100 valence electrons. The SMILES string of the molecule is CCCC(N)Cc1ccc([N+](=O)[O-])c2cnccc12. The number of nitrogens with zero attached hydrogens (tertiary/aromatic N) is 2. The van der Waals surface area contributed by atoms with E-state index >= 15 is 0 Å². The molecule has 1 heterocycles. The Morgan fingerprint density at radius 2 is 2.16 bits per heavy atom.